The molecule has 1 aliphatic heterocycles. The van der Waals surface area contributed by atoms with Crippen molar-refractivity contribution in [2.24, 2.45) is 10.4 Å². The van der Waals surface area contributed by atoms with E-state index in [2.05, 4.69) is 48.2 Å². The van der Waals surface area contributed by atoms with E-state index in [0.717, 1.165) is 28.3 Å². The van der Waals surface area contributed by atoms with Crippen molar-refractivity contribution in [2.45, 2.75) is 32.4 Å². The molecule has 0 aliphatic carbocycles. The fourth-order valence-corrected chi connectivity index (χ4v) is 3.91. The largest absolute Gasteiger partial charge is 0.334 e. The van der Waals surface area contributed by atoms with Crippen molar-refractivity contribution in [3.05, 3.63) is 36.5 Å². The van der Waals surface area contributed by atoms with E-state index in [1.807, 2.05) is 36.2 Å². The number of rotatable bonds is 2. The Kier molecular flexibility index (Phi) is 3.89. The summed E-state index contributed by atoms with van der Waals surface area (Å²) in [7, 11) is 0. The quantitative estimate of drug-likeness (QED) is 0.883. The highest BCUT2D eigenvalue weighted by atomic mass is 32.2. The Morgan fingerprint density at radius 3 is 2.90 bits per heavy atom. The standard InChI is InChI=1S/C17H21N3S/c1-17(2,3)9-14-11-19-16(21-14)20-13-8-12-6-4-5-7-15(12)18-10-13/h4-8,10,14H,9,11H2,1-3H3,(H,19,20). The summed E-state index contributed by atoms with van der Waals surface area (Å²) in [6.07, 6.45) is 3.06. The fourth-order valence-electron chi connectivity index (χ4n) is 2.54. The summed E-state index contributed by atoms with van der Waals surface area (Å²) in [5.41, 5.74) is 2.39. The molecule has 4 heteroatoms. The van der Waals surface area contributed by atoms with E-state index in [0.29, 0.717) is 10.7 Å². The van der Waals surface area contributed by atoms with Gasteiger partial charge in [0.25, 0.3) is 0 Å². The molecule has 1 aliphatic rings. The van der Waals surface area contributed by atoms with Crippen LogP contribution in [0.15, 0.2) is 41.5 Å². The van der Waals surface area contributed by atoms with E-state index in [1.54, 1.807) is 0 Å². The van der Waals surface area contributed by atoms with Crippen molar-refractivity contribution >= 4 is 33.5 Å². The third-order valence-electron chi connectivity index (χ3n) is 3.40. The van der Waals surface area contributed by atoms with Gasteiger partial charge in [0.05, 0.1) is 23.9 Å². The Morgan fingerprint density at radius 2 is 2.10 bits per heavy atom. The van der Waals surface area contributed by atoms with Gasteiger partial charge in [-0.25, -0.2) is 0 Å². The lowest BCUT2D eigenvalue weighted by molar-refractivity contribution is 0.375. The van der Waals surface area contributed by atoms with Gasteiger partial charge in [0.1, 0.15) is 0 Å². The second-order valence-electron chi connectivity index (χ2n) is 6.69. The molecule has 0 amide bonds. The molecule has 0 saturated carbocycles. The van der Waals surface area contributed by atoms with Crippen molar-refractivity contribution in [3.8, 4) is 0 Å². The molecule has 1 aromatic heterocycles. The lowest BCUT2D eigenvalue weighted by Crippen LogP contribution is -2.16. The maximum absolute atomic E-state index is 4.62. The van der Waals surface area contributed by atoms with Crippen LogP contribution in [0.3, 0.4) is 0 Å². The van der Waals surface area contributed by atoms with E-state index in [9.17, 15) is 0 Å². The number of nitrogens with zero attached hydrogens (tertiary/aromatic N) is 2. The zero-order chi connectivity index (χ0) is 14.9. The summed E-state index contributed by atoms with van der Waals surface area (Å²) in [6, 6.07) is 10.3. The Hall–Kier alpha value is -1.55. The maximum Gasteiger partial charge on any atom is 0.161 e. The maximum atomic E-state index is 4.62. The van der Waals surface area contributed by atoms with Crippen LogP contribution >= 0.6 is 11.8 Å². The normalized spacial score (nSPS) is 18.8. The van der Waals surface area contributed by atoms with Crippen LogP contribution in [0.1, 0.15) is 27.2 Å². The number of para-hydroxylation sites is 1. The van der Waals surface area contributed by atoms with Gasteiger partial charge >= 0.3 is 0 Å². The third-order valence-corrected chi connectivity index (χ3v) is 4.50. The van der Waals surface area contributed by atoms with Crippen LogP contribution in [0.5, 0.6) is 0 Å². The van der Waals surface area contributed by atoms with E-state index in [4.69, 9.17) is 0 Å². The first-order valence-corrected chi connectivity index (χ1v) is 8.20. The van der Waals surface area contributed by atoms with Crippen molar-refractivity contribution < 1.29 is 0 Å². The van der Waals surface area contributed by atoms with E-state index in [-0.39, 0.29) is 0 Å². The Bertz CT molecular complexity index is 673. The zero-order valence-corrected chi connectivity index (χ0v) is 13.6. The molecule has 110 valence electrons. The van der Waals surface area contributed by atoms with Gasteiger partial charge in [0.15, 0.2) is 5.17 Å². The first kappa shape index (κ1) is 14.4. The molecule has 0 radical (unpaired) electrons. The SMILES string of the molecule is CC(C)(C)CC1CN=C(Nc2cnc3ccccc3c2)S1. The molecule has 1 aromatic carbocycles. The molecule has 2 aromatic rings. The van der Waals surface area contributed by atoms with Gasteiger partial charge in [-0.05, 0) is 24.0 Å². The molecule has 1 unspecified atom stereocenters. The van der Waals surface area contributed by atoms with Gasteiger partial charge in [-0.3, -0.25) is 9.98 Å². The highest BCUT2D eigenvalue weighted by Crippen LogP contribution is 2.32. The number of hydrogen-bond donors (Lipinski definition) is 1. The van der Waals surface area contributed by atoms with Crippen molar-refractivity contribution in [2.75, 3.05) is 11.9 Å². The average molecular weight is 299 g/mol. The van der Waals surface area contributed by atoms with Crippen LogP contribution in [0.4, 0.5) is 5.69 Å². The van der Waals surface area contributed by atoms with Crippen molar-refractivity contribution in [1.29, 1.82) is 0 Å². The summed E-state index contributed by atoms with van der Waals surface area (Å²) < 4.78 is 0. The van der Waals surface area contributed by atoms with Gasteiger partial charge in [-0.2, -0.15) is 0 Å². The van der Waals surface area contributed by atoms with E-state index in [1.165, 1.54) is 6.42 Å². The van der Waals surface area contributed by atoms with Crippen LogP contribution in [-0.2, 0) is 0 Å². The number of fused-ring (bicyclic) bond motifs is 1. The number of benzene rings is 1. The number of hydrogen-bond acceptors (Lipinski definition) is 4. The monoisotopic (exact) mass is 299 g/mol. The first-order chi connectivity index (χ1) is 9.99. The van der Waals surface area contributed by atoms with Gasteiger partial charge in [-0.15, -0.1) is 0 Å². The fraction of sp³-hybridized carbons (Fsp3) is 0.412. The second-order valence-corrected chi connectivity index (χ2v) is 7.98. The summed E-state index contributed by atoms with van der Waals surface area (Å²) in [5.74, 6) is 0. The minimum Gasteiger partial charge on any atom is -0.334 e. The van der Waals surface area contributed by atoms with Gasteiger partial charge in [0.2, 0.25) is 0 Å². The molecule has 0 saturated heterocycles. The molecule has 0 fully saturated rings. The molecule has 1 N–H and O–H groups in total. The van der Waals surface area contributed by atoms with E-state index < -0.39 is 0 Å². The minimum atomic E-state index is 0.354. The molecule has 3 nitrogen and oxygen atoms in total. The van der Waals surface area contributed by atoms with Crippen LogP contribution in [0.25, 0.3) is 10.9 Å². The lowest BCUT2D eigenvalue weighted by Gasteiger charge is -2.21. The molecule has 3 rings (SSSR count). The molecular formula is C17H21N3S. The molecule has 1 atom stereocenters. The van der Waals surface area contributed by atoms with Gasteiger partial charge in [-0.1, -0.05) is 50.7 Å². The van der Waals surface area contributed by atoms with Crippen LogP contribution in [0.2, 0.25) is 0 Å². The topological polar surface area (TPSA) is 37.3 Å². The highest BCUT2D eigenvalue weighted by Gasteiger charge is 2.25. The number of anilines is 1. The first-order valence-electron chi connectivity index (χ1n) is 7.32. The number of aromatic nitrogens is 1. The summed E-state index contributed by atoms with van der Waals surface area (Å²) >= 11 is 1.85. The van der Waals surface area contributed by atoms with Gasteiger partial charge in [0, 0.05) is 10.6 Å². The van der Waals surface area contributed by atoms with Gasteiger partial charge < -0.3 is 5.32 Å². The van der Waals surface area contributed by atoms with Crippen LogP contribution < -0.4 is 5.32 Å². The number of aliphatic imine (C=N–C) groups is 1. The van der Waals surface area contributed by atoms with Crippen molar-refractivity contribution in [1.82, 2.24) is 4.98 Å². The summed E-state index contributed by atoms with van der Waals surface area (Å²) in [4.78, 5) is 9.09. The highest BCUT2D eigenvalue weighted by molar-refractivity contribution is 8.15. The summed E-state index contributed by atoms with van der Waals surface area (Å²) in [5, 5.41) is 6.15. The Morgan fingerprint density at radius 1 is 1.29 bits per heavy atom. The number of amidine groups is 1. The molecule has 21 heavy (non-hydrogen) atoms. The number of pyridine rings is 1. The zero-order valence-electron chi connectivity index (χ0n) is 12.8. The second kappa shape index (κ2) is 5.68. The smallest absolute Gasteiger partial charge is 0.161 e. The molecule has 0 spiro atoms. The van der Waals surface area contributed by atoms with Crippen molar-refractivity contribution in [3.63, 3.8) is 0 Å². The minimum absolute atomic E-state index is 0.354. The average Bonchev–Trinajstić information content (AvgIpc) is 2.83. The number of thioether (sulfide) groups is 1. The predicted octanol–water partition coefficient (Wildman–Crippen LogP) is 4.55. The molecule has 0 bridgehead atoms. The predicted molar refractivity (Wildman–Crippen MR) is 93.1 cm³/mol. The molecular weight excluding hydrogens is 278 g/mol. The Labute approximate surface area is 130 Å². The Balaban J connectivity index is 1.66. The lowest BCUT2D eigenvalue weighted by atomic mass is 9.90. The molecule has 2 heterocycles. The van der Waals surface area contributed by atoms with E-state index >= 15 is 0 Å². The third kappa shape index (κ3) is 3.76. The number of nitrogens with one attached hydrogen (secondary N) is 1. The summed E-state index contributed by atoms with van der Waals surface area (Å²) in [6.45, 7) is 7.76. The van der Waals surface area contributed by atoms with Crippen LogP contribution in [-0.4, -0.2) is 21.9 Å². The van der Waals surface area contributed by atoms with Crippen LogP contribution in [0, 0.1) is 5.41 Å².